The summed E-state index contributed by atoms with van der Waals surface area (Å²) in [4.78, 5) is 14.3. The van der Waals surface area contributed by atoms with E-state index in [1.54, 1.807) is 6.07 Å². The number of hydrogen-bond donors (Lipinski definition) is 2. The zero-order valence-corrected chi connectivity index (χ0v) is 13.8. The van der Waals surface area contributed by atoms with Crippen LogP contribution in [0.5, 0.6) is 11.5 Å². The monoisotopic (exact) mass is 382 g/mol. The van der Waals surface area contributed by atoms with E-state index in [0.29, 0.717) is 21.6 Å². The smallest absolute Gasteiger partial charge is 0.315 e. The van der Waals surface area contributed by atoms with Crippen LogP contribution < -0.4 is 4.73 Å². The number of rotatable bonds is 4. The molecule has 0 spiro atoms. The molecule has 28 heavy (non-hydrogen) atoms. The summed E-state index contributed by atoms with van der Waals surface area (Å²) in [5, 5.41) is 46.1. The molecule has 0 saturated heterocycles. The fourth-order valence-electron chi connectivity index (χ4n) is 2.57. The van der Waals surface area contributed by atoms with Gasteiger partial charge in [-0.1, -0.05) is 5.16 Å². The Morgan fingerprint density at radius 3 is 2.64 bits per heavy atom. The highest BCUT2D eigenvalue weighted by Crippen LogP contribution is 2.39. The number of nitro benzene ring substituents is 1. The molecule has 3 heterocycles. The van der Waals surface area contributed by atoms with Crippen molar-refractivity contribution in [2.75, 3.05) is 0 Å². The molecule has 3 aromatic heterocycles. The summed E-state index contributed by atoms with van der Waals surface area (Å²) in [6.07, 6.45) is 4.11. The number of furan rings is 1. The van der Waals surface area contributed by atoms with Crippen LogP contribution in [0.4, 0.5) is 5.69 Å². The van der Waals surface area contributed by atoms with Crippen LogP contribution in [-0.2, 0) is 0 Å². The third kappa shape index (κ3) is 2.86. The Hall–Kier alpha value is -4.41. The highest BCUT2D eigenvalue weighted by atomic mass is 16.6. The van der Waals surface area contributed by atoms with E-state index >= 15 is 0 Å². The second-order valence-electron chi connectivity index (χ2n) is 5.68. The van der Waals surface area contributed by atoms with E-state index in [0.717, 1.165) is 12.1 Å². The lowest BCUT2D eigenvalue weighted by Crippen LogP contribution is -2.28. The first-order valence-corrected chi connectivity index (χ1v) is 7.74. The Morgan fingerprint density at radius 2 is 1.93 bits per heavy atom. The molecule has 2 N–H and O–H groups in total. The van der Waals surface area contributed by atoms with Gasteiger partial charge in [0.15, 0.2) is 11.9 Å². The molecule has 0 aliphatic rings. The average molecular weight is 382 g/mol. The number of hydrogen-bond acceptors (Lipinski definition) is 9. The first-order valence-electron chi connectivity index (χ1n) is 7.74. The first-order chi connectivity index (χ1) is 13.4. The Morgan fingerprint density at radius 1 is 1.11 bits per heavy atom. The highest BCUT2D eigenvalue weighted by molar-refractivity contribution is 5.69. The molecule has 0 fully saturated rings. The van der Waals surface area contributed by atoms with E-state index in [4.69, 9.17) is 8.94 Å². The quantitative estimate of drug-likeness (QED) is 0.177. The maximum atomic E-state index is 12.0. The zero-order chi connectivity index (χ0) is 19.8. The van der Waals surface area contributed by atoms with Crippen LogP contribution in [-0.4, -0.2) is 25.3 Å². The van der Waals surface area contributed by atoms with E-state index in [9.17, 15) is 25.5 Å². The number of nitrogens with zero attached hydrogens (tertiary/aromatic N) is 4. The summed E-state index contributed by atoms with van der Waals surface area (Å²) in [7, 11) is 0. The lowest BCUT2D eigenvalue weighted by Gasteiger charge is -2.03. The fraction of sp³-hybridized carbons (Fsp3) is 0. The molecule has 4 rings (SSSR count). The van der Waals surface area contributed by atoms with E-state index in [2.05, 4.69) is 10.1 Å². The zero-order valence-electron chi connectivity index (χ0n) is 13.8. The lowest BCUT2D eigenvalue weighted by atomic mass is 10.1. The van der Waals surface area contributed by atoms with Gasteiger partial charge in [-0.05, 0) is 12.1 Å². The fourth-order valence-corrected chi connectivity index (χ4v) is 2.57. The third-order valence-corrected chi connectivity index (χ3v) is 3.93. The number of phenols is 2. The van der Waals surface area contributed by atoms with Crippen LogP contribution in [0.3, 0.4) is 0 Å². The van der Waals surface area contributed by atoms with Crippen molar-refractivity contribution in [3.05, 3.63) is 64.4 Å². The van der Waals surface area contributed by atoms with Gasteiger partial charge >= 0.3 is 5.69 Å². The number of nitro groups is 1. The molecular weight excluding hydrogens is 372 g/mol. The SMILES string of the molecule is O=[N+]([O-])c1cc(-c2nc(-c3cc[n+]([O-])c(-c4ccoc4)c3)no2)cc(O)c1O. The lowest BCUT2D eigenvalue weighted by molar-refractivity contribution is -0.593. The van der Waals surface area contributed by atoms with E-state index in [-0.39, 0.29) is 17.3 Å². The van der Waals surface area contributed by atoms with Crippen molar-refractivity contribution < 1.29 is 28.8 Å². The normalized spacial score (nSPS) is 10.9. The molecule has 11 nitrogen and oxygen atoms in total. The topological polar surface area (TPSA) is 163 Å². The minimum atomic E-state index is -0.860. The summed E-state index contributed by atoms with van der Waals surface area (Å²) in [6.45, 7) is 0. The molecule has 140 valence electrons. The first kappa shape index (κ1) is 17.0. The predicted molar refractivity (Wildman–Crippen MR) is 91.8 cm³/mol. The molecule has 0 saturated carbocycles. The van der Waals surface area contributed by atoms with Gasteiger partial charge in [-0.25, -0.2) is 0 Å². The van der Waals surface area contributed by atoms with Crippen molar-refractivity contribution >= 4 is 5.69 Å². The van der Waals surface area contributed by atoms with Gasteiger partial charge in [-0.15, -0.1) is 0 Å². The van der Waals surface area contributed by atoms with E-state index in [1.165, 1.54) is 30.9 Å². The van der Waals surface area contributed by atoms with E-state index in [1.807, 2.05) is 0 Å². The Labute approximate surface area is 155 Å². The van der Waals surface area contributed by atoms with Gasteiger partial charge in [-0.3, -0.25) is 10.1 Å². The molecule has 0 atom stereocenters. The summed E-state index contributed by atoms with van der Waals surface area (Å²) >= 11 is 0. The Bertz CT molecular complexity index is 1180. The van der Waals surface area contributed by atoms with Gasteiger partial charge in [0.1, 0.15) is 6.26 Å². The number of aromatic hydroxyl groups is 2. The van der Waals surface area contributed by atoms with Gasteiger partial charge in [0.05, 0.1) is 22.3 Å². The summed E-state index contributed by atoms with van der Waals surface area (Å²) in [5.74, 6) is -1.55. The molecule has 1 aromatic carbocycles. The number of benzene rings is 1. The summed E-state index contributed by atoms with van der Waals surface area (Å²) in [5.41, 5.74) is 0.653. The Balaban J connectivity index is 1.75. The summed E-state index contributed by atoms with van der Waals surface area (Å²) < 4.78 is 10.7. The van der Waals surface area contributed by atoms with Crippen LogP contribution in [0.1, 0.15) is 0 Å². The molecule has 0 aliphatic carbocycles. The van der Waals surface area contributed by atoms with Gasteiger partial charge in [0.2, 0.25) is 17.3 Å². The molecule has 0 bridgehead atoms. The van der Waals surface area contributed by atoms with Crippen molar-refractivity contribution in [1.29, 1.82) is 0 Å². The van der Waals surface area contributed by atoms with Gasteiger partial charge in [-0.2, -0.15) is 9.71 Å². The molecule has 0 amide bonds. The predicted octanol–water partition coefficient (Wildman–Crippen LogP) is 2.62. The van der Waals surface area contributed by atoms with Crippen LogP contribution >= 0.6 is 0 Å². The van der Waals surface area contributed by atoms with Crippen LogP contribution in [0.15, 0.2) is 58.0 Å². The molecule has 0 aliphatic heterocycles. The average Bonchev–Trinajstić information content (AvgIpc) is 3.36. The minimum Gasteiger partial charge on any atom is -0.618 e. The second-order valence-corrected chi connectivity index (χ2v) is 5.68. The number of aromatic nitrogens is 3. The highest BCUT2D eigenvalue weighted by Gasteiger charge is 2.22. The largest absolute Gasteiger partial charge is 0.618 e. The van der Waals surface area contributed by atoms with Gasteiger partial charge < -0.3 is 24.4 Å². The van der Waals surface area contributed by atoms with Crippen molar-refractivity contribution in [1.82, 2.24) is 10.1 Å². The number of pyridine rings is 1. The van der Waals surface area contributed by atoms with Crippen LogP contribution in [0, 0.1) is 15.3 Å². The van der Waals surface area contributed by atoms with Gasteiger partial charge in [0, 0.05) is 23.8 Å². The number of phenolic OH excluding ortho intramolecular Hbond substituents is 2. The van der Waals surface area contributed by atoms with Crippen LogP contribution in [0.2, 0.25) is 0 Å². The second kappa shape index (κ2) is 6.39. The Kier molecular flexibility index (Phi) is 3.89. The molecule has 0 radical (unpaired) electrons. The van der Waals surface area contributed by atoms with Gasteiger partial charge in [0.25, 0.3) is 5.89 Å². The molecule has 0 unspecified atom stereocenters. The van der Waals surface area contributed by atoms with E-state index < -0.39 is 22.1 Å². The van der Waals surface area contributed by atoms with Crippen molar-refractivity contribution in [2.24, 2.45) is 0 Å². The van der Waals surface area contributed by atoms with Crippen molar-refractivity contribution in [3.63, 3.8) is 0 Å². The van der Waals surface area contributed by atoms with Crippen molar-refractivity contribution in [3.8, 4) is 45.6 Å². The van der Waals surface area contributed by atoms with Crippen molar-refractivity contribution in [2.45, 2.75) is 0 Å². The minimum absolute atomic E-state index is 0.0469. The molecule has 4 aromatic rings. The summed E-state index contributed by atoms with van der Waals surface area (Å²) in [6, 6.07) is 6.69. The third-order valence-electron chi connectivity index (χ3n) is 3.93. The standard InChI is InChI=1S/C17H10N4O7/c22-14-7-11(6-13(15(14)23)21(25)26)17-18-16(19-28-17)9-1-3-20(24)12(5-9)10-2-4-27-8-10/h1-8,22-23H. The maximum absolute atomic E-state index is 12.0. The maximum Gasteiger partial charge on any atom is 0.315 e. The molecule has 11 heteroatoms. The molecular formula is C17H10N4O7. The van der Waals surface area contributed by atoms with Crippen LogP contribution in [0.25, 0.3) is 34.1 Å².